The summed E-state index contributed by atoms with van der Waals surface area (Å²) in [5.41, 5.74) is -1.61. The number of para-hydroxylation sites is 1. The third kappa shape index (κ3) is 3.87. The van der Waals surface area contributed by atoms with Crippen LogP contribution in [0.5, 0.6) is 5.75 Å². The topological polar surface area (TPSA) is 82.8 Å². The third-order valence-corrected chi connectivity index (χ3v) is 5.25. The molecule has 1 fully saturated rings. The molecule has 1 aromatic carbocycles. The number of methoxy groups -OCH3 is 1. The maximum atomic E-state index is 13.0. The number of carbonyl (C=O) groups excluding carboxylic acids is 1. The molecule has 8 heteroatoms. The minimum Gasteiger partial charge on any atom is -0.491 e. The van der Waals surface area contributed by atoms with Gasteiger partial charge in [-0.25, -0.2) is 4.79 Å². The fraction of sp³-hybridized carbons (Fsp3) is 0.450. The van der Waals surface area contributed by atoms with Crippen LogP contribution in [0.25, 0.3) is 0 Å². The lowest BCUT2D eigenvalue weighted by atomic mass is 9.93. The summed E-state index contributed by atoms with van der Waals surface area (Å²) in [4.78, 5) is 38.8. The second kappa shape index (κ2) is 8.02. The van der Waals surface area contributed by atoms with Crippen LogP contribution in [0.2, 0.25) is 0 Å². The average Bonchev–Trinajstić information content (AvgIpc) is 2.73. The Kier molecular flexibility index (Phi) is 5.69. The van der Waals surface area contributed by atoms with Gasteiger partial charge in [-0.1, -0.05) is 18.2 Å². The van der Waals surface area contributed by atoms with Gasteiger partial charge in [0.15, 0.2) is 0 Å². The minimum atomic E-state index is -0.650. The van der Waals surface area contributed by atoms with E-state index in [0.29, 0.717) is 19.7 Å². The van der Waals surface area contributed by atoms with E-state index in [1.54, 1.807) is 12.0 Å². The van der Waals surface area contributed by atoms with Crippen molar-refractivity contribution in [2.75, 3.05) is 26.8 Å². The molecule has 0 radical (unpaired) electrons. The van der Waals surface area contributed by atoms with E-state index in [9.17, 15) is 14.4 Å². The maximum absolute atomic E-state index is 13.0. The molecule has 0 saturated carbocycles. The first-order chi connectivity index (χ1) is 13.4. The first-order valence-electron chi connectivity index (χ1n) is 9.16. The first-order valence-corrected chi connectivity index (χ1v) is 9.16. The van der Waals surface area contributed by atoms with Crippen molar-refractivity contribution in [3.8, 4) is 5.75 Å². The largest absolute Gasteiger partial charge is 0.491 e. The molecule has 0 unspecified atom stereocenters. The van der Waals surface area contributed by atoms with Crippen LogP contribution >= 0.6 is 0 Å². The predicted molar refractivity (Wildman–Crippen MR) is 104 cm³/mol. The summed E-state index contributed by atoms with van der Waals surface area (Å²) >= 11 is 0. The number of likely N-dealkylation sites (tertiary alicyclic amines) is 1. The van der Waals surface area contributed by atoms with E-state index >= 15 is 0 Å². The fourth-order valence-corrected chi connectivity index (χ4v) is 3.45. The Balaban J connectivity index is 1.81. The Morgan fingerprint density at radius 3 is 2.54 bits per heavy atom. The number of hydrogen-bond donors (Lipinski definition) is 0. The molecule has 1 saturated heterocycles. The smallest absolute Gasteiger partial charge is 0.331 e. The van der Waals surface area contributed by atoms with Crippen molar-refractivity contribution in [3.63, 3.8) is 0 Å². The van der Waals surface area contributed by atoms with Gasteiger partial charge in [0.1, 0.15) is 23.7 Å². The highest BCUT2D eigenvalue weighted by Gasteiger charge is 2.39. The minimum absolute atomic E-state index is 0.0731. The van der Waals surface area contributed by atoms with Crippen LogP contribution in [0.15, 0.2) is 46.0 Å². The highest BCUT2D eigenvalue weighted by atomic mass is 16.5. The molecule has 2 aromatic rings. The predicted octanol–water partition coefficient (Wildman–Crippen LogP) is 0.784. The number of piperidine rings is 1. The van der Waals surface area contributed by atoms with E-state index in [0.717, 1.165) is 23.2 Å². The maximum Gasteiger partial charge on any atom is 0.331 e. The van der Waals surface area contributed by atoms with E-state index in [2.05, 4.69) is 0 Å². The van der Waals surface area contributed by atoms with Crippen molar-refractivity contribution in [2.24, 2.45) is 14.1 Å². The number of aromatic nitrogens is 2. The van der Waals surface area contributed by atoms with Gasteiger partial charge in [-0.3, -0.25) is 18.7 Å². The molecule has 1 aliphatic rings. The number of hydrogen-bond acceptors (Lipinski definition) is 5. The molecular formula is C20H25N3O5. The number of ether oxygens (including phenoxy) is 2. The van der Waals surface area contributed by atoms with Crippen molar-refractivity contribution in [2.45, 2.75) is 18.4 Å². The molecule has 28 heavy (non-hydrogen) atoms. The normalized spacial score (nSPS) is 19.5. The van der Waals surface area contributed by atoms with Crippen LogP contribution in [0.1, 0.15) is 23.3 Å². The van der Waals surface area contributed by atoms with Crippen molar-refractivity contribution < 1.29 is 14.3 Å². The molecule has 1 amide bonds. The summed E-state index contributed by atoms with van der Waals surface area (Å²) in [7, 11) is 4.48. The van der Waals surface area contributed by atoms with E-state index in [1.807, 2.05) is 30.3 Å². The molecule has 0 N–H and O–H groups in total. The lowest BCUT2D eigenvalue weighted by Crippen LogP contribution is -2.55. The number of benzene rings is 1. The monoisotopic (exact) mass is 387 g/mol. The molecule has 0 bridgehead atoms. The van der Waals surface area contributed by atoms with Crippen LogP contribution in [-0.4, -0.2) is 52.3 Å². The lowest BCUT2D eigenvalue weighted by Gasteiger charge is -2.41. The van der Waals surface area contributed by atoms with Crippen molar-refractivity contribution >= 4 is 5.91 Å². The molecule has 2 heterocycles. The molecule has 8 nitrogen and oxygen atoms in total. The Hall–Kier alpha value is -2.87. The van der Waals surface area contributed by atoms with Gasteiger partial charge in [-0.05, 0) is 25.0 Å². The summed E-state index contributed by atoms with van der Waals surface area (Å²) in [5.74, 6) is 0.370. The number of carbonyl (C=O) groups is 1. The van der Waals surface area contributed by atoms with Gasteiger partial charge in [0.05, 0.1) is 6.54 Å². The van der Waals surface area contributed by atoms with Crippen LogP contribution in [0.3, 0.4) is 0 Å². The van der Waals surface area contributed by atoms with Gasteiger partial charge in [0.2, 0.25) is 0 Å². The molecule has 1 aliphatic heterocycles. The standard InChI is InChI=1S/C20H25N3O5/c1-21-16(12-17(24)22(2)19(21)26)18(25)23-11-7-10-20(13-23,27-3)14-28-15-8-5-4-6-9-15/h4-6,8-9,12H,7,10-11,13-14H2,1-3H3/t20-/m0/s1. The second-order valence-electron chi connectivity index (χ2n) is 7.09. The molecular weight excluding hydrogens is 362 g/mol. The Morgan fingerprint density at radius 2 is 1.86 bits per heavy atom. The van der Waals surface area contributed by atoms with Gasteiger partial charge < -0.3 is 14.4 Å². The van der Waals surface area contributed by atoms with Crippen molar-refractivity contribution in [1.29, 1.82) is 0 Å². The summed E-state index contributed by atoms with van der Waals surface area (Å²) in [6.45, 7) is 1.14. The van der Waals surface area contributed by atoms with Gasteiger partial charge >= 0.3 is 5.69 Å². The second-order valence-corrected chi connectivity index (χ2v) is 7.09. The van der Waals surface area contributed by atoms with Crippen LogP contribution in [-0.2, 0) is 18.8 Å². The zero-order valence-electron chi connectivity index (χ0n) is 16.4. The molecule has 1 aromatic heterocycles. The average molecular weight is 387 g/mol. The van der Waals surface area contributed by atoms with Gasteiger partial charge in [0.25, 0.3) is 11.5 Å². The number of amides is 1. The van der Waals surface area contributed by atoms with Crippen LogP contribution in [0.4, 0.5) is 0 Å². The highest BCUT2D eigenvalue weighted by molar-refractivity contribution is 5.92. The van der Waals surface area contributed by atoms with Gasteiger partial charge in [-0.2, -0.15) is 0 Å². The van der Waals surface area contributed by atoms with Crippen molar-refractivity contribution in [3.05, 3.63) is 62.9 Å². The molecule has 0 aliphatic carbocycles. The zero-order chi connectivity index (χ0) is 20.3. The van der Waals surface area contributed by atoms with E-state index in [-0.39, 0.29) is 11.6 Å². The SMILES string of the molecule is CO[C@@]1(COc2ccccc2)CCCN(C(=O)c2cc(=O)n(C)c(=O)n2C)C1. The summed E-state index contributed by atoms with van der Waals surface area (Å²) < 4.78 is 13.8. The summed E-state index contributed by atoms with van der Waals surface area (Å²) in [5, 5.41) is 0. The fourth-order valence-electron chi connectivity index (χ4n) is 3.45. The Morgan fingerprint density at radius 1 is 1.14 bits per heavy atom. The lowest BCUT2D eigenvalue weighted by molar-refractivity contribution is -0.0826. The van der Waals surface area contributed by atoms with Gasteiger partial charge in [0, 0.05) is 33.8 Å². The quantitative estimate of drug-likeness (QED) is 0.757. The Bertz CT molecular complexity index is 966. The Labute approximate surface area is 162 Å². The van der Waals surface area contributed by atoms with E-state index in [1.165, 1.54) is 24.7 Å². The number of nitrogens with zero attached hydrogens (tertiary/aromatic N) is 3. The molecule has 1 atom stereocenters. The first kappa shape index (κ1) is 19.9. The van der Waals surface area contributed by atoms with Crippen LogP contribution < -0.4 is 16.0 Å². The molecule has 3 rings (SSSR count). The summed E-state index contributed by atoms with van der Waals surface area (Å²) in [6.07, 6.45) is 1.48. The molecule has 150 valence electrons. The van der Waals surface area contributed by atoms with Gasteiger partial charge in [-0.15, -0.1) is 0 Å². The van der Waals surface area contributed by atoms with Crippen LogP contribution in [0, 0.1) is 0 Å². The summed E-state index contributed by atoms with van der Waals surface area (Å²) in [6, 6.07) is 10.6. The highest BCUT2D eigenvalue weighted by Crippen LogP contribution is 2.27. The van der Waals surface area contributed by atoms with E-state index in [4.69, 9.17) is 9.47 Å². The van der Waals surface area contributed by atoms with Crippen molar-refractivity contribution in [1.82, 2.24) is 14.0 Å². The zero-order valence-corrected chi connectivity index (χ0v) is 16.4. The van der Waals surface area contributed by atoms with E-state index < -0.39 is 16.9 Å². The molecule has 0 spiro atoms. The third-order valence-electron chi connectivity index (χ3n) is 5.25. The number of rotatable bonds is 5.